The summed E-state index contributed by atoms with van der Waals surface area (Å²) in [4.78, 5) is 25.1. The number of rotatable bonds is 7. The molecule has 1 unspecified atom stereocenters. The van der Waals surface area contributed by atoms with Crippen LogP contribution in [0.4, 0.5) is 0 Å². The molecule has 0 aromatic heterocycles. The van der Waals surface area contributed by atoms with Gasteiger partial charge in [0.15, 0.2) is 18.0 Å². The van der Waals surface area contributed by atoms with E-state index in [1.54, 1.807) is 19.2 Å². The first-order valence-corrected chi connectivity index (χ1v) is 9.27. The van der Waals surface area contributed by atoms with E-state index in [1.807, 2.05) is 44.3 Å². The van der Waals surface area contributed by atoms with Crippen LogP contribution >= 0.6 is 0 Å². The van der Waals surface area contributed by atoms with E-state index in [9.17, 15) is 9.59 Å². The Labute approximate surface area is 164 Å². The molecule has 0 radical (unpaired) electrons. The molecular weight excluding hydrogens is 358 g/mol. The summed E-state index contributed by atoms with van der Waals surface area (Å²) in [5.41, 5.74) is 2.67. The first kappa shape index (κ1) is 19.7. The van der Waals surface area contributed by atoms with Gasteiger partial charge in [0.05, 0.1) is 13.1 Å². The van der Waals surface area contributed by atoms with Gasteiger partial charge in [-0.05, 0) is 36.8 Å². The minimum absolute atomic E-state index is 0.0235. The van der Waals surface area contributed by atoms with Crippen molar-refractivity contribution in [3.63, 3.8) is 0 Å². The van der Waals surface area contributed by atoms with Crippen molar-refractivity contribution in [3.05, 3.63) is 59.2 Å². The highest BCUT2D eigenvalue weighted by Crippen LogP contribution is 2.34. The van der Waals surface area contributed by atoms with Crippen molar-refractivity contribution in [3.8, 4) is 11.5 Å². The zero-order chi connectivity index (χ0) is 20.1. The molecule has 1 aliphatic heterocycles. The van der Waals surface area contributed by atoms with Crippen LogP contribution in [-0.4, -0.2) is 39.2 Å². The van der Waals surface area contributed by atoms with E-state index in [1.165, 1.54) is 0 Å². The van der Waals surface area contributed by atoms with Crippen molar-refractivity contribution >= 4 is 11.8 Å². The third-order valence-electron chi connectivity index (χ3n) is 4.69. The molecule has 2 aromatic carbocycles. The van der Waals surface area contributed by atoms with Gasteiger partial charge in [0.2, 0.25) is 6.79 Å². The Bertz CT molecular complexity index is 851. The summed E-state index contributed by atoms with van der Waals surface area (Å²) in [5.74, 6) is 1.31. The van der Waals surface area contributed by atoms with Crippen LogP contribution in [0.15, 0.2) is 42.5 Å². The molecule has 7 heteroatoms. The van der Waals surface area contributed by atoms with Crippen LogP contribution in [0, 0.1) is 0 Å². The van der Waals surface area contributed by atoms with Gasteiger partial charge in [-0.25, -0.2) is 0 Å². The summed E-state index contributed by atoms with van der Waals surface area (Å²) >= 11 is 0. The van der Waals surface area contributed by atoms with Crippen molar-refractivity contribution in [2.45, 2.75) is 19.5 Å². The van der Waals surface area contributed by atoms with Gasteiger partial charge in [0, 0.05) is 18.2 Å². The fourth-order valence-corrected chi connectivity index (χ4v) is 3.16. The number of carbonyl (C=O) groups excluding carboxylic acids is 2. The number of carbonyl (C=O) groups is 2. The van der Waals surface area contributed by atoms with E-state index >= 15 is 0 Å². The lowest BCUT2D eigenvalue weighted by Crippen LogP contribution is -3.08. The third-order valence-corrected chi connectivity index (χ3v) is 4.69. The second kappa shape index (κ2) is 8.75. The van der Waals surface area contributed by atoms with E-state index < -0.39 is 0 Å². The van der Waals surface area contributed by atoms with Gasteiger partial charge >= 0.3 is 0 Å². The highest BCUT2D eigenvalue weighted by atomic mass is 16.7. The van der Waals surface area contributed by atoms with Crippen LogP contribution in [-0.2, 0) is 11.3 Å². The Morgan fingerprint density at radius 1 is 1.11 bits per heavy atom. The number of amides is 2. The molecule has 1 aliphatic rings. The average molecular weight is 384 g/mol. The molecule has 2 atom stereocenters. The SMILES string of the molecule is CNC(=O)c1ccc(C[NH+](C)CC(=O)N[C@H](C)c2ccc3c(c2)OCO3)cc1. The van der Waals surface area contributed by atoms with Gasteiger partial charge in [-0.3, -0.25) is 9.59 Å². The zero-order valence-electron chi connectivity index (χ0n) is 16.4. The number of likely N-dealkylation sites (N-methyl/N-ethyl adjacent to an activating group) is 1. The topological polar surface area (TPSA) is 81.1 Å². The number of ether oxygens (including phenoxy) is 2. The lowest BCUT2D eigenvalue weighted by atomic mass is 10.1. The predicted molar refractivity (Wildman–Crippen MR) is 104 cm³/mol. The number of quaternary nitrogens is 1. The largest absolute Gasteiger partial charge is 0.454 e. The lowest BCUT2D eigenvalue weighted by molar-refractivity contribution is -0.885. The maximum atomic E-state index is 12.4. The molecule has 148 valence electrons. The standard InChI is InChI=1S/C21H25N3O4/c1-14(17-8-9-18-19(10-17)28-13-27-18)23-20(25)12-24(3)11-15-4-6-16(7-5-15)21(26)22-2/h4-10,14H,11-13H2,1-3H3,(H,22,26)(H,23,25)/p+1/t14-/m1/s1. The van der Waals surface area contributed by atoms with Crippen LogP contribution in [0.5, 0.6) is 11.5 Å². The smallest absolute Gasteiger partial charge is 0.275 e. The van der Waals surface area contributed by atoms with Crippen molar-refractivity contribution in [1.82, 2.24) is 10.6 Å². The quantitative estimate of drug-likeness (QED) is 0.655. The summed E-state index contributed by atoms with van der Waals surface area (Å²) in [7, 11) is 3.58. The van der Waals surface area contributed by atoms with Crippen molar-refractivity contribution in [1.29, 1.82) is 0 Å². The number of fused-ring (bicyclic) bond motifs is 1. The van der Waals surface area contributed by atoms with Crippen molar-refractivity contribution in [2.75, 3.05) is 27.4 Å². The number of hydrogen-bond acceptors (Lipinski definition) is 4. The molecule has 3 N–H and O–H groups in total. The number of benzene rings is 2. The molecule has 0 spiro atoms. The van der Waals surface area contributed by atoms with Gasteiger partial charge in [-0.2, -0.15) is 0 Å². The van der Waals surface area contributed by atoms with Gasteiger partial charge in [-0.15, -0.1) is 0 Å². The van der Waals surface area contributed by atoms with Gasteiger partial charge in [0.25, 0.3) is 11.8 Å². The minimum atomic E-state index is -0.123. The van der Waals surface area contributed by atoms with Gasteiger partial charge in [0.1, 0.15) is 6.54 Å². The van der Waals surface area contributed by atoms with E-state index in [0.29, 0.717) is 24.4 Å². The normalized spacial score (nSPS) is 14.2. The molecule has 3 rings (SSSR count). The fraction of sp³-hybridized carbons (Fsp3) is 0.333. The maximum absolute atomic E-state index is 12.4. The fourth-order valence-electron chi connectivity index (χ4n) is 3.16. The summed E-state index contributed by atoms with van der Waals surface area (Å²) < 4.78 is 10.7. The monoisotopic (exact) mass is 384 g/mol. The Morgan fingerprint density at radius 3 is 2.54 bits per heavy atom. The minimum Gasteiger partial charge on any atom is -0.454 e. The van der Waals surface area contributed by atoms with E-state index in [-0.39, 0.29) is 24.6 Å². The van der Waals surface area contributed by atoms with Crippen LogP contribution in [0.25, 0.3) is 0 Å². The summed E-state index contributed by atoms with van der Waals surface area (Å²) in [6.07, 6.45) is 0. The molecule has 1 heterocycles. The Hall–Kier alpha value is -3.06. The summed E-state index contributed by atoms with van der Waals surface area (Å²) in [6, 6.07) is 13.0. The Balaban J connectivity index is 1.50. The van der Waals surface area contributed by atoms with Crippen LogP contribution in [0.1, 0.15) is 34.5 Å². The molecule has 0 saturated heterocycles. The highest BCUT2D eigenvalue weighted by Gasteiger charge is 2.18. The van der Waals surface area contributed by atoms with Gasteiger partial charge < -0.3 is 25.0 Å². The lowest BCUT2D eigenvalue weighted by Gasteiger charge is -2.18. The van der Waals surface area contributed by atoms with Crippen LogP contribution in [0.2, 0.25) is 0 Å². The van der Waals surface area contributed by atoms with Crippen molar-refractivity contribution < 1.29 is 24.0 Å². The highest BCUT2D eigenvalue weighted by molar-refractivity contribution is 5.93. The van der Waals surface area contributed by atoms with E-state index in [4.69, 9.17) is 9.47 Å². The molecule has 0 aliphatic carbocycles. The average Bonchev–Trinajstić information content (AvgIpc) is 3.15. The number of hydrogen-bond donors (Lipinski definition) is 3. The first-order valence-electron chi connectivity index (χ1n) is 9.27. The molecule has 2 amide bonds. The molecular formula is C21H26N3O4+. The molecule has 0 saturated carbocycles. The second-order valence-electron chi connectivity index (χ2n) is 6.99. The molecule has 0 fully saturated rings. The molecule has 7 nitrogen and oxygen atoms in total. The first-order chi connectivity index (χ1) is 13.5. The zero-order valence-corrected chi connectivity index (χ0v) is 16.4. The van der Waals surface area contributed by atoms with E-state index in [2.05, 4.69) is 10.6 Å². The summed E-state index contributed by atoms with van der Waals surface area (Å²) in [6.45, 7) is 3.23. The third kappa shape index (κ3) is 4.80. The second-order valence-corrected chi connectivity index (χ2v) is 6.99. The molecule has 2 aromatic rings. The molecule has 28 heavy (non-hydrogen) atoms. The maximum Gasteiger partial charge on any atom is 0.275 e. The summed E-state index contributed by atoms with van der Waals surface area (Å²) in [5, 5.41) is 5.63. The predicted octanol–water partition coefficient (Wildman–Crippen LogP) is 0.667. The molecule has 0 bridgehead atoms. The van der Waals surface area contributed by atoms with Crippen LogP contribution in [0.3, 0.4) is 0 Å². The van der Waals surface area contributed by atoms with Crippen molar-refractivity contribution in [2.24, 2.45) is 0 Å². The van der Waals surface area contributed by atoms with Gasteiger partial charge in [-0.1, -0.05) is 18.2 Å². The Kier molecular flexibility index (Phi) is 6.16. The Morgan fingerprint density at radius 2 is 1.82 bits per heavy atom. The number of nitrogens with one attached hydrogen (secondary N) is 3. The van der Waals surface area contributed by atoms with Crippen LogP contribution < -0.4 is 25.0 Å². The van der Waals surface area contributed by atoms with E-state index in [0.717, 1.165) is 21.8 Å².